The summed E-state index contributed by atoms with van der Waals surface area (Å²) >= 11 is 1.23. The number of hydrogen-bond acceptors (Lipinski definition) is 11. The fourth-order valence-corrected chi connectivity index (χ4v) is 7.39. The number of nitrogens with one attached hydrogen (secondary N) is 2. The number of thiazole rings is 1. The molecule has 0 radical (unpaired) electrons. The van der Waals surface area contributed by atoms with Crippen LogP contribution in [-0.4, -0.2) is 68.2 Å². The van der Waals surface area contributed by atoms with E-state index in [4.69, 9.17) is 20.9 Å². The number of guanidine groups is 1. The van der Waals surface area contributed by atoms with Gasteiger partial charge < -0.3 is 31.4 Å². The van der Waals surface area contributed by atoms with E-state index in [9.17, 15) is 23.1 Å². The molecule has 0 aliphatic heterocycles. The Morgan fingerprint density at radius 1 is 1.20 bits per heavy atom. The molecular formula is C29H44N6O7S2. The van der Waals surface area contributed by atoms with E-state index in [1.54, 1.807) is 38.4 Å². The highest BCUT2D eigenvalue weighted by molar-refractivity contribution is 7.90. The third-order valence-electron chi connectivity index (χ3n) is 7.65. The van der Waals surface area contributed by atoms with E-state index in [0.29, 0.717) is 33.9 Å². The highest BCUT2D eigenvalue weighted by atomic mass is 32.2. The van der Waals surface area contributed by atoms with Crippen molar-refractivity contribution in [1.29, 1.82) is 0 Å². The molecule has 44 heavy (non-hydrogen) atoms. The number of carbonyl (C=O) groups excluding carboxylic acids is 2. The van der Waals surface area contributed by atoms with Gasteiger partial charge in [0.1, 0.15) is 23.0 Å². The fraction of sp³-hybridized carbons (Fsp3) is 0.586. The molecule has 3 atom stereocenters. The molecule has 0 spiro atoms. The Balaban J connectivity index is 1.60. The molecular weight excluding hydrogens is 608 g/mol. The molecule has 2 aromatic rings. The van der Waals surface area contributed by atoms with Crippen LogP contribution in [0.2, 0.25) is 0 Å². The molecule has 1 heterocycles. The van der Waals surface area contributed by atoms with Gasteiger partial charge in [0.15, 0.2) is 0 Å². The zero-order chi connectivity index (χ0) is 32.4. The number of amides is 1. The number of aliphatic imine (C=N–C) groups is 1. The lowest BCUT2D eigenvalue weighted by molar-refractivity contribution is -0.152. The first-order valence-electron chi connectivity index (χ1n) is 14.6. The number of sulfonamides is 1. The van der Waals surface area contributed by atoms with Gasteiger partial charge in [-0.15, -0.1) is 11.3 Å². The summed E-state index contributed by atoms with van der Waals surface area (Å²) in [5, 5.41) is 15.8. The van der Waals surface area contributed by atoms with Crippen LogP contribution in [0.5, 0.6) is 5.75 Å². The molecule has 244 valence electrons. The summed E-state index contributed by atoms with van der Waals surface area (Å²) in [6.07, 6.45) is 5.30. The summed E-state index contributed by atoms with van der Waals surface area (Å²) in [4.78, 5) is 33.6. The van der Waals surface area contributed by atoms with Crippen molar-refractivity contribution >= 4 is 39.2 Å². The van der Waals surface area contributed by atoms with Crippen LogP contribution < -0.4 is 26.2 Å². The number of ether oxygens (including phenoxy) is 2. The smallest absolute Gasteiger partial charge is 0.308 e. The van der Waals surface area contributed by atoms with Crippen LogP contribution in [0.1, 0.15) is 79.2 Å². The van der Waals surface area contributed by atoms with Gasteiger partial charge in [0.05, 0.1) is 30.5 Å². The van der Waals surface area contributed by atoms with Crippen molar-refractivity contribution in [3.8, 4) is 5.75 Å². The van der Waals surface area contributed by atoms with Crippen LogP contribution >= 0.6 is 11.3 Å². The second-order valence-electron chi connectivity index (χ2n) is 11.0. The second kappa shape index (κ2) is 16.2. The minimum atomic E-state index is -4.03. The lowest BCUT2D eigenvalue weighted by atomic mass is 9.98. The lowest BCUT2D eigenvalue weighted by Crippen LogP contribution is -2.48. The van der Waals surface area contributed by atoms with Crippen molar-refractivity contribution in [2.24, 2.45) is 16.5 Å². The number of esters is 1. The van der Waals surface area contributed by atoms with Crippen LogP contribution in [0.4, 0.5) is 0 Å². The number of aryl methyl sites for hydroxylation is 1. The zero-order valence-electron chi connectivity index (χ0n) is 25.7. The number of benzene rings is 1. The Morgan fingerprint density at radius 2 is 1.91 bits per heavy atom. The molecule has 3 rings (SSSR count). The largest absolute Gasteiger partial charge is 0.496 e. The highest BCUT2D eigenvalue weighted by Gasteiger charge is 2.29. The lowest BCUT2D eigenvalue weighted by Gasteiger charge is -2.25. The van der Waals surface area contributed by atoms with Gasteiger partial charge in [-0.3, -0.25) is 14.6 Å². The molecule has 0 saturated heterocycles. The molecule has 7 N–H and O–H groups in total. The van der Waals surface area contributed by atoms with E-state index in [-0.39, 0.29) is 36.3 Å². The molecule has 1 aromatic heterocycles. The van der Waals surface area contributed by atoms with Gasteiger partial charge in [0.25, 0.3) is 10.0 Å². The summed E-state index contributed by atoms with van der Waals surface area (Å²) in [5.74, 6) is -0.846. The number of aliphatic hydroxyl groups is 1. The Bertz CT molecular complexity index is 1410. The van der Waals surface area contributed by atoms with Gasteiger partial charge in [-0.25, -0.2) is 18.1 Å². The maximum absolute atomic E-state index is 13.1. The van der Waals surface area contributed by atoms with Gasteiger partial charge in [0, 0.05) is 18.1 Å². The Labute approximate surface area is 262 Å². The second-order valence-corrected chi connectivity index (χ2v) is 13.5. The van der Waals surface area contributed by atoms with Gasteiger partial charge >= 0.3 is 5.97 Å². The van der Waals surface area contributed by atoms with Crippen LogP contribution in [0.15, 0.2) is 27.5 Å². The van der Waals surface area contributed by atoms with E-state index in [1.165, 1.54) is 18.4 Å². The van der Waals surface area contributed by atoms with Gasteiger partial charge in [-0.1, -0.05) is 6.42 Å². The third-order valence-corrected chi connectivity index (χ3v) is 10.1. The van der Waals surface area contributed by atoms with Crippen molar-refractivity contribution in [1.82, 2.24) is 15.0 Å². The van der Waals surface area contributed by atoms with E-state index in [0.717, 1.165) is 32.1 Å². The van der Waals surface area contributed by atoms with Crippen LogP contribution in [0.25, 0.3) is 0 Å². The molecule has 1 aromatic carbocycles. The van der Waals surface area contributed by atoms with E-state index in [2.05, 4.69) is 20.0 Å². The van der Waals surface area contributed by atoms with Crippen LogP contribution in [0.3, 0.4) is 0 Å². The number of carbonyl (C=O) groups is 2. The fourth-order valence-electron chi connectivity index (χ4n) is 5.22. The maximum atomic E-state index is 13.1. The van der Waals surface area contributed by atoms with E-state index >= 15 is 0 Å². The maximum Gasteiger partial charge on any atom is 0.308 e. The van der Waals surface area contributed by atoms with Crippen molar-refractivity contribution in [3.63, 3.8) is 0 Å². The van der Waals surface area contributed by atoms with Crippen LogP contribution in [-0.2, 0) is 24.3 Å². The van der Waals surface area contributed by atoms with Gasteiger partial charge in [0.2, 0.25) is 11.9 Å². The minimum absolute atomic E-state index is 0.0993. The normalized spacial score (nSPS) is 16.5. The first-order chi connectivity index (χ1) is 20.8. The van der Waals surface area contributed by atoms with Crippen molar-refractivity contribution in [2.75, 3.05) is 13.7 Å². The molecule has 1 amide bonds. The summed E-state index contributed by atoms with van der Waals surface area (Å²) in [6, 6.07) is -0.304. The number of aliphatic hydroxyl groups excluding tert-OH is 1. The van der Waals surface area contributed by atoms with Crippen molar-refractivity contribution < 1.29 is 32.6 Å². The molecule has 1 aliphatic rings. The molecule has 1 saturated carbocycles. The topological polar surface area (TPSA) is 208 Å². The number of methoxy groups -OCH3 is 1. The SMILES string of the molecule is COc1cc(C)c(S(=O)(=O)NC(N)=NCCC[C@H](NC(=O)[C@@H](N)CC(=O)OC2CCCCC2)C(O)c2nccs2)c(C)c1C. The molecule has 1 unspecified atom stereocenters. The van der Waals surface area contributed by atoms with E-state index < -0.39 is 40.1 Å². The van der Waals surface area contributed by atoms with Gasteiger partial charge in [-0.2, -0.15) is 0 Å². The summed E-state index contributed by atoms with van der Waals surface area (Å²) in [6.45, 7) is 5.24. The van der Waals surface area contributed by atoms with Gasteiger partial charge in [-0.05, 0) is 82.1 Å². The van der Waals surface area contributed by atoms with Crippen LogP contribution in [0, 0.1) is 20.8 Å². The highest BCUT2D eigenvalue weighted by Crippen LogP contribution is 2.30. The number of nitrogens with two attached hydrogens (primary N) is 2. The van der Waals surface area contributed by atoms with Crippen molar-refractivity contribution in [2.45, 2.75) is 101 Å². The average Bonchev–Trinajstić information content (AvgIpc) is 3.51. The number of nitrogens with zero attached hydrogens (tertiary/aromatic N) is 2. The number of rotatable bonds is 14. The Hall–Kier alpha value is -3.27. The summed E-state index contributed by atoms with van der Waals surface area (Å²) in [7, 11) is -2.51. The Kier molecular flexibility index (Phi) is 12.9. The minimum Gasteiger partial charge on any atom is -0.496 e. The number of hydrogen-bond donors (Lipinski definition) is 5. The summed E-state index contributed by atoms with van der Waals surface area (Å²) < 4.78 is 39.4. The third kappa shape index (κ3) is 9.61. The monoisotopic (exact) mass is 652 g/mol. The molecule has 1 fully saturated rings. The Morgan fingerprint density at radius 3 is 2.55 bits per heavy atom. The van der Waals surface area contributed by atoms with Crippen molar-refractivity contribution in [3.05, 3.63) is 39.3 Å². The molecule has 0 bridgehead atoms. The average molecular weight is 653 g/mol. The predicted molar refractivity (Wildman–Crippen MR) is 168 cm³/mol. The molecule has 15 heteroatoms. The quantitative estimate of drug-likeness (QED) is 0.0870. The number of aromatic nitrogens is 1. The molecule has 1 aliphatic carbocycles. The summed E-state index contributed by atoms with van der Waals surface area (Å²) in [5.41, 5.74) is 13.7. The first kappa shape index (κ1) is 35.2. The molecule has 13 nitrogen and oxygen atoms in total. The van der Waals surface area contributed by atoms with E-state index in [1.807, 2.05) is 0 Å². The first-order valence-corrected chi connectivity index (χ1v) is 17.0. The zero-order valence-corrected chi connectivity index (χ0v) is 27.3. The standard InChI is InChI=1S/C29H44N6O7S2/c1-17-15-23(41-4)18(2)19(3)26(17)44(39,40)35-29(31)33-12-8-11-22(25(37)28-32-13-14-43-28)34-27(38)21(30)16-24(36)42-20-9-6-5-7-10-20/h13-15,20-22,25,37H,5-12,16,30H2,1-4H3,(H,34,38)(H3,31,33,35)/t21-,22-,25?/m0/s1. The predicted octanol–water partition coefficient (Wildman–Crippen LogP) is 2.26.